The van der Waals surface area contributed by atoms with E-state index in [-0.39, 0.29) is 17.0 Å². The van der Waals surface area contributed by atoms with Crippen LogP contribution in [0.5, 0.6) is 0 Å². The fraction of sp³-hybridized carbons (Fsp3) is 0.100. The smallest absolute Gasteiger partial charge is 0.232 e. The molecule has 0 aliphatic rings. The average Bonchev–Trinajstić information content (AvgIpc) is 2.68. The van der Waals surface area contributed by atoms with Crippen molar-refractivity contribution in [1.29, 1.82) is 0 Å². The van der Waals surface area contributed by atoms with Crippen molar-refractivity contribution < 1.29 is 9.59 Å². The van der Waals surface area contributed by atoms with Gasteiger partial charge in [0.15, 0.2) is 6.29 Å². The molecule has 0 saturated carbocycles. The number of aldehydes is 1. The number of benzene rings is 2. The van der Waals surface area contributed by atoms with Crippen LogP contribution in [0, 0.1) is 0 Å². The van der Waals surface area contributed by atoms with E-state index in [1.54, 1.807) is 0 Å². The van der Waals surface area contributed by atoms with Crippen LogP contribution in [0.1, 0.15) is 21.5 Å². The van der Waals surface area contributed by atoms with Crippen LogP contribution in [0.3, 0.4) is 0 Å². The van der Waals surface area contributed by atoms with Crippen LogP contribution in [0.25, 0.3) is 0 Å². The van der Waals surface area contributed by atoms with Crippen molar-refractivity contribution in [3.8, 4) is 0 Å². The number of carbonyl (C=O) groups is 2. The number of aromatic nitrogens is 2. The minimum atomic E-state index is -0.739. The number of nitrogens with zero attached hydrogens (tertiary/aromatic N) is 3. The quantitative estimate of drug-likeness (QED) is 0.276. The molecular formula is C20H16ClN3O2. The third-order valence-electron chi connectivity index (χ3n) is 3.87. The topological polar surface area (TPSA) is 63.2 Å². The summed E-state index contributed by atoms with van der Waals surface area (Å²) in [6.45, 7) is 1.00. The van der Waals surface area contributed by atoms with E-state index in [9.17, 15) is 9.59 Å². The highest BCUT2D eigenvalue weighted by molar-refractivity contribution is 6.41. The van der Waals surface area contributed by atoms with Gasteiger partial charge < -0.3 is 4.90 Å². The van der Waals surface area contributed by atoms with Gasteiger partial charge in [-0.3, -0.25) is 9.59 Å². The minimum absolute atomic E-state index is 0.0241. The lowest BCUT2D eigenvalue weighted by molar-refractivity contribution is -0.104. The summed E-state index contributed by atoms with van der Waals surface area (Å²) in [6, 6.07) is 19.6. The summed E-state index contributed by atoms with van der Waals surface area (Å²) in [5.74, 6) is -0.397. The molecule has 0 bridgehead atoms. The van der Waals surface area contributed by atoms with Crippen molar-refractivity contribution in [3.63, 3.8) is 0 Å². The maximum absolute atomic E-state index is 12.1. The predicted octanol–water partition coefficient (Wildman–Crippen LogP) is 3.72. The molecule has 26 heavy (non-hydrogen) atoms. The van der Waals surface area contributed by atoms with Crippen LogP contribution in [0.15, 0.2) is 67.0 Å². The van der Waals surface area contributed by atoms with Gasteiger partial charge >= 0.3 is 0 Å². The first-order chi connectivity index (χ1) is 12.7. The van der Waals surface area contributed by atoms with Crippen LogP contribution in [-0.2, 0) is 17.9 Å². The van der Waals surface area contributed by atoms with Gasteiger partial charge in [-0.25, -0.2) is 9.97 Å². The molecule has 0 fully saturated rings. The van der Waals surface area contributed by atoms with E-state index in [0.717, 1.165) is 11.1 Å². The largest absolute Gasteiger partial charge is 0.347 e. The molecule has 0 atom stereocenters. The van der Waals surface area contributed by atoms with Crippen LogP contribution in [0.4, 0.5) is 5.82 Å². The zero-order valence-corrected chi connectivity index (χ0v) is 14.6. The minimum Gasteiger partial charge on any atom is -0.347 e. The zero-order chi connectivity index (χ0) is 18.4. The molecule has 0 unspecified atom stereocenters. The average molecular weight is 366 g/mol. The number of Topliss-reactive ketones (excluding diaryl/α,β-unsaturated/α-hetero) is 1. The Hall–Kier alpha value is -3.05. The second kappa shape index (κ2) is 8.36. The predicted molar refractivity (Wildman–Crippen MR) is 100 cm³/mol. The lowest BCUT2D eigenvalue weighted by Gasteiger charge is -2.25. The number of rotatable bonds is 7. The molecule has 0 aliphatic heterocycles. The lowest BCUT2D eigenvalue weighted by Crippen LogP contribution is -2.26. The van der Waals surface area contributed by atoms with Gasteiger partial charge in [-0.1, -0.05) is 72.3 Å². The highest BCUT2D eigenvalue weighted by Gasteiger charge is 2.22. The van der Waals surface area contributed by atoms with Gasteiger partial charge in [-0.05, 0) is 11.1 Å². The monoisotopic (exact) mass is 365 g/mol. The Morgan fingerprint density at radius 3 is 1.96 bits per heavy atom. The molecule has 0 radical (unpaired) electrons. The molecule has 0 spiro atoms. The summed E-state index contributed by atoms with van der Waals surface area (Å²) in [6.07, 6.45) is 1.53. The van der Waals surface area contributed by atoms with Gasteiger partial charge in [-0.2, -0.15) is 0 Å². The SMILES string of the molecule is O=CC(=O)c1c(Cl)ncnc1N(Cc1ccccc1)Cc1ccccc1. The summed E-state index contributed by atoms with van der Waals surface area (Å²) >= 11 is 6.10. The van der Waals surface area contributed by atoms with Gasteiger partial charge in [-0.15, -0.1) is 0 Å². The van der Waals surface area contributed by atoms with E-state index in [2.05, 4.69) is 9.97 Å². The van der Waals surface area contributed by atoms with Crippen molar-refractivity contribution >= 4 is 29.5 Å². The summed E-state index contributed by atoms with van der Waals surface area (Å²) in [5, 5.41) is -0.0294. The van der Waals surface area contributed by atoms with Crippen molar-refractivity contribution in [2.75, 3.05) is 4.90 Å². The Morgan fingerprint density at radius 2 is 1.46 bits per heavy atom. The van der Waals surface area contributed by atoms with Crippen LogP contribution in [-0.4, -0.2) is 22.0 Å². The molecule has 5 nitrogen and oxygen atoms in total. The van der Waals surface area contributed by atoms with E-state index in [0.29, 0.717) is 18.9 Å². The number of carbonyl (C=O) groups excluding carboxylic acids is 2. The van der Waals surface area contributed by atoms with E-state index < -0.39 is 5.78 Å². The normalized spacial score (nSPS) is 10.3. The first kappa shape index (κ1) is 17.8. The molecule has 0 aliphatic carbocycles. The highest BCUT2D eigenvalue weighted by atomic mass is 35.5. The number of hydrogen-bond acceptors (Lipinski definition) is 5. The summed E-state index contributed by atoms with van der Waals surface area (Å²) < 4.78 is 0. The molecule has 3 rings (SSSR count). The summed E-state index contributed by atoms with van der Waals surface area (Å²) in [4.78, 5) is 33.2. The van der Waals surface area contributed by atoms with Crippen molar-refractivity contribution in [2.45, 2.75) is 13.1 Å². The number of hydrogen-bond donors (Lipinski definition) is 0. The van der Waals surface area contributed by atoms with Crippen molar-refractivity contribution in [2.24, 2.45) is 0 Å². The Labute approximate surface area is 156 Å². The van der Waals surface area contributed by atoms with Gasteiger partial charge in [0.25, 0.3) is 0 Å². The summed E-state index contributed by atoms with van der Waals surface area (Å²) in [7, 11) is 0. The van der Waals surface area contributed by atoms with Gasteiger partial charge in [0.05, 0.1) is 0 Å². The maximum atomic E-state index is 12.1. The van der Waals surface area contributed by atoms with E-state index in [1.807, 2.05) is 65.6 Å². The lowest BCUT2D eigenvalue weighted by atomic mass is 10.1. The molecule has 3 aromatic rings. The third kappa shape index (κ3) is 4.13. The molecular weight excluding hydrogens is 350 g/mol. The molecule has 0 N–H and O–H groups in total. The van der Waals surface area contributed by atoms with Gasteiger partial charge in [0, 0.05) is 13.1 Å². The van der Waals surface area contributed by atoms with Crippen molar-refractivity contribution in [1.82, 2.24) is 9.97 Å². The molecule has 6 heteroatoms. The Balaban J connectivity index is 2.04. The number of anilines is 1. The first-order valence-electron chi connectivity index (χ1n) is 8.02. The Kier molecular flexibility index (Phi) is 5.71. The highest BCUT2D eigenvalue weighted by Crippen LogP contribution is 2.26. The Morgan fingerprint density at radius 1 is 0.923 bits per heavy atom. The van der Waals surface area contributed by atoms with Crippen LogP contribution >= 0.6 is 11.6 Å². The molecule has 1 heterocycles. The first-order valence-corrected chi connectivity index (χ1v) is 8.39. The van der Waals surface area contributed by atoms with Crippen molar-refractivity contribution in [3.05, 3.63) is 88.8 Å². The zero-order valence-electron chi connectivity index (χ0n) is 13.9. The molecule has 2 aromatic carbocycles. The number of halogens is 1. The summed E-state index contributed by atoms with van der Waals surface area (Å²) in [5.41, 5.74) is 2.11. The second-order valence-electron chi connectivity index (χ2n) is 5.67. The molecule has 0 amide bonds. The van der Waals surface area contributed by atoms with Crippen LogP contribution in [0.2, 0.25) is 5.15 Å². The van der Waals surface area contributed by atoms with E-state index >= 15 is 0 Å². The van der Waals surface area contributed by atoms with E-state index in [4.69, 9.17) is 11.6 Å². The standard InChI is InChI=1S/C20H16ClN3O2/c21-19-18(17(26)13-25)20(23-14-22-19)24(11-15-7-3-1-4-8-15)12-16-9-5-2-6-10-16/h1-10,13-14H,11-12H2. The molecule has 130 valence electrons. The molecule has 1 aromatic heterocycles. The third-order valence-corrected chi connectivity index (χ3v) is 4.15. The second-order valence-corrected chi connectivity index (χ2v) is 6.03. The van der Waals surface area contributed by atoms with Gasteiger partial charge in [0.2, 0.25) is 5.78 Å². The molecule has 0 saturated heterocycles. The Bertz CT molecular complexity index is 860. The van der Waals surface area contributed by atoms with E-state index in [1.165, 1.54) is 6.33 Å². The number of ketones is 1. The fourth-order valence-electron chi connectivity index (χ4n) is 2.68. The van der Waals surface area contributed by atoms with Crippen LogP contribution < -0.4 is 4.90 Å². The fourth-order valence-corrected chi connectivity index (χ4v) is 2.90. The maximum Gasteiger partial charge on any atom is 0.232 e. The van der Waals surface area contributed by atoms with Gasteiger partial charge in [0.1, 0.15) is 22.9 Å².